The summed E-state index contributed by atoms with van der Waals surface area (Å²) in [5, 5.41) is 0. The van der Waals surface area contributed by atoms with Crippen molar-refractivity contribution in [3.8, 4) is 11.5 Å². The van der Waals surface area contributed by atoms with Crippen LogP contribution < -0.4 is 9.46 Å². The molecule has 0 fully saturated rings. The highest BCUT2D eigenvalue weighted by Crippen LogP contribution is 2.23. The van der Waals surface area contributed by atoms with Gasteiger partial charge < -0.3 is 4.74 Å². The lowest BCUT2D eigenvalue weighted by Crippen LogP contribution is -2.18. The maximum absolute atomic E-state index is 12.2. The van der Waals surface area contributed by atoms with Crippen molar-refractivity contribution >= 4 is 15.7 Å². The molecule has 0 bridgehead atoms. The quantitative estimate of drug-likeness (QED) is 0.682. The Balaban J connectivity index is 1.58. The molecule has 0 aliphatic rings. The van der Waals surface area contributed by atoms with Crippen LogP contribution in [0, 0.1) is 0 Å². The van der Waals surface area contributed by atoms with Gasteiger partial charge in [-0.15, -0.1) is 0 Å². The van der Waals surface area contributed by atoms with Gasteiger partial charge >= 0.3 is 0 Å². The van der Waals surface area contributed by atoms with Crippen LogP contribution in [-0.2, 0) is 16.4 Å². The first-order chi connectivity index (χ1) is 12.1. The highest BCUT2D eigenvalue weighted by Gasteiger charge is 2.11. The van der Waals surface area contributed by atoms with Crippen LogP contribution >= 0.6 is 0 Å². The van der Waals surface area contributed by atoms with E-state index in [0.29, 0.717) is 17.9 Å². The second-order valence-corrected chi connectivity index (χ2v) is 7.44. The average Bonchev–Trinajstić information content (AvgIpc) is 2.63. The van der Waals surface area contributed by atoms with Crippen LogP contribution in [0.15, 0.2) is 84.9 Å². The number of rotatable bonds is 7. The lowest BCUT2D eigenvalue weighted by atomic mass is 10.2. The third-order valence-corrected chi connectivity index (χ3v) is 4.90. The zero-order chi connectivity index (χ0) is 17.5. The molecule has 3 rings (SSSR count). The molecule has 0 aliphatic heterocycles. The normalized spacial score (nSPS) is 11.0. The van der Waals surface area contributed by atoms with E-state index in [9.17, 15) is 8.42 Å². The van der Waals surface area contributed by atoms with Crippen molar-refractivity contribution in [1.82, 2.24) is 0 Å². The monoisotopic (exact) mass is 353 g/mol. The number of hydrogen-bond donors (Lipinski definition) is 1. The third-order valence-electron chi connectivity index (χ3n) is 3.61. The smallest absolute Gasteiger partial charge is 0.233 e. The highest BCUT2D eigenvalue weighted by atomic mass is 32.2. The molecule has 0 aromatic heterocycles. The van der Waals surface area contributed by atoms with Gasteiger partial charge in [-0.1, -0.05) is 48.5 Å². The van der Waals surface area contributed by atoms with Gasteiger partial charge in [0.05, 0.1) is 5.75 Å². The van der Waals surface area contributed by atoms with Gasteiger partial charge in [0.25, 0.3) is 0 Å². The van der Waals surface area contributed by atoms with Crippen molar-refractivity contribution in [2.75, 3.05) is 10.5 Å². The van der Waals surface area contributed by atoms with E-state index in [1.54, 1.807) is 24.3 Å². The van der Waals surface area contributed by atoms with E-state index in [0.717, 1.165) is 11.3 Å². The van der Waals surface area contributed by atoms with Gasteiger partial charge in [0, 0.05) is 5.69 Å². The molecule has 0 saturated carbocycles. The van der Waals surface area contributed by atoms with Crippen LogP contribution in [-0.4, -0.2) is 14.2 Å². The topological polar surface area (TPSA) is 55.4 Å². The van der Waals surface area contributed by atoms with Crippen LogP contribution in [0.4, 0.5) is 5.69 Å². The largest absolute Gasteiger partial charge is 0.457 e. The zero-order valence-corrected chi connectivity index (χ0v) is 14.4. The van der Waals surface area contributed by atoms with Gasteiger partial charge in [-0.2, -0.15) is 0 Å². The standard InChI is InChI=1S/C20H19NO3S/c22-25(23,16-15-17-7-3-1-4-8-17)21-18-11-13-20(14-12-18)24-19-9-5-2-6-10-19/h1-14,21H,15-16H2. The molecule has 3 aromatic rings. The Labute approximate surface area is 148 Å². The highest BCUT2D eigenvalue weighted by molar-refractivity contribution is 7.92. The minimum absolute atomic E-state index is 0.0410. The Kier molecular flexibility index (Phi) is 5.36. The van der Waals surface area contributed by atoms with E-state index in [2.05, 4.69) is 4.72 Å². The molecule has 0 heterocycles. The van der Waals surface area contributed by atoms with Crippen LogP contribution in [0.3, 0.4) is 0 Å². The molecule has 0 aliphatic carbocycles. The molecule has 0 radical (unpaired) electrons. The summed E-state index contributed by atoms with van der Waals surface area (Å²) < 4.78 is 32.7. The van der Waals surface area contributed by atoms with Gasteiger partial charge in [0.15, 0.2) is 0 Å². The molecule has 25 heavy (non-hydrogen) atoms. The molecular weight excluding hydrogens is 334 g/mol. The lowest BCUT2D eigenvalue weighted by Gasteiger charge is -2.10. The fraction of sp³-hybridized carbons (Fsp3) is 0.100. The number of anilines is 1. The Bertz CT molecular complexity index is 893. The van der Waals surface area contributed by atoms with Gasteiger partial charge in [-0.05, 0) is 48.4 Å². The summed E-state index contributed by atoms with van der Waals surface area (Å²) in [5.41, 5.74) is 1.52. The van der Waals surface area contributed by atoms with Crippen LogP contribution in [0.2, 0.25) is 0 Å². The van der Waals surface area contributed by atoms with Crippen LogP contribution in [0.1, 0.15) is 5.56 Å². The summed E-state index contributed by atoms with van der Waals surface area (Å²) in [5.74, 6) is 1.43. The predicted molar refractivity (Wildman–Crippen MR) is 101 cm³/mol. The van der Waals surface area contributed by atoms with Crippen molar-refractivity contribution in [1.29, 1.82) is 0 Å². The first kappa shape index (κ1) is 17.0. The molecule has 1 N–H and O–H groups in total. The second kappa shape index (κ2) is 7.85. The molecule has 4 nitrogen and oxygen atoms in total. The van der Waals surface area contributed by atoms with E-state index < -0.39 is 10.0 Å². The van der Waals surface area contributed by atoms with Crippen molar-refractivity contribution in [3.63, 3.8) is 0 Å². The van der Waals surface area contributed by atoms with E-state index in [1.165, 1.54) is 0 Å². The maximum atomic E-state index is 12.2. The number of aryl methyl sites for hydroxylation is 1. The number of ether oxygens (including phenoxy) is 1. The SMILES string of the molecule is O=S(=O)(CCc1ccccc1)Nc1ccc(Oc2ccccc2)cc1. The molecule has 3 aromatic carbocycles. The summed E-state index contributed by atoms with van der Waals surface area (Å²) in [6.45, 7) is 0. The van der Waals surface area contributed by atoms with Crippen molar-refractivity contribution in [2.45, 2.75) is 6.42 Å². The predicted octanol–water partition coefficient (Wildman–Crippen LogP) is 4.46. The minimum atomic E-state index is -3.40. The molecule has 0 saturated heterocycles. The number of sulfonamides is 1. The Morgan fingerprint density at radius 1 is 0.720 bits per heavy atom. The summed E-state index contributed by atoms with van der Waals surface area (Å²) >= 11 is 0. The number of benzene rings is 3. The third kappa shape index (κ3) is 5.36. The van der Waals surface area contributed by atoms with Gasteiger partial charge in [-0.25, -0.2) is 8.42 Å². The van der Waals surface area contributed by atoms with E-state index >= 15 is 0 Å². The first-order valence-corrected chi connectivity index (χ1v) is 9.63. The fourth-order valence-corrected chi connectivity index (χ4v) is 3.44. The van der Waals surface area contributed by atoms with Crippen LogP contribution in [0.5, 0.6) is 11.5 Å². The van der Waals surface area contributed by atoms with Gasteiger partial charge in [0.1, 0.15) is 11.5 Å². The minimum Gasteiger partial charge on any atom is -0.457 e. The Morgan fingerprint density at radius 3 is 1.92 bits per heavy atom. The molecule has 0 unspecified atom stereocenters. The average molecular weight is 353 g/mol. The first-order valence-electron chi connectivity index (χ1n) is 7.98. The number of para-hydroxylation sites is 1. The van der Waals surface area contributed by atoms with Crippen molar-refractivity contribution < 1.29 is 13.2 Å². The summed E-state index contributed by atoms with van der Waals surface area (Å²) in [4.78, 5) is 0. The number of hydrogen-bond acceptors (Lipinski definition) is 3. The van der Waals surface area contributed by atoms with Crippen LogP contribution in [0.25, 0.3) is 0 Å². The number of nitrogens with one attached hydrogen (secondary N) is 1. The Morgan fingerprint density at radius 2 is 1.28 bits per heavy atom. The summed E-state index contributed by atoms with van der Waals surface area (Å²) in [6, 6.07) is 25.9. The molecule has 5 heteroatoms. The summed E-state index contributed by atoms with van der Waals surface area (Å²) in [7, 11) is -3.40. The van der Waals surface area contributed by atoms with E-state index in [1.807, 2.05) is 60.7 Å². The Hall–Kier alpha value is -2.79. The summed E-state index contributed by atoms with van der Waals surface area (Å²) in [6.07, 6.45) is 0.478. The van der Waals surface area contributed by atoms with Gasteiger partial charge in [-0.3, -0.25) is 4.72 Å². The zero-order valence-electron chi connectivity index (χ0n) is 13.6. The van der Waals surface area contributed by atoms with Gasteiger partial charge in [0.2, 0.25) is 10.0 Å². The molecule has 0 spiro atoms. The van der Waals surface area contributed by atoms with Crippen molar-refractivity contribution in [2.24, 2.45) is 0 Å². The van der Waals surface area contributed by atoms with E-state index in [-0.39, 0.29) is 5.75 Å². The van der Waals surface area contributed by atoms with Crippen molar-refractivity contribution in [3.05, 3.63) is 90.5 Å². The molecule has 128 valence electrons. The lowest BCUT2D eigenvalue weighted by molar-refractivity contribution is 0.483. The second-order valence-electron chi connectivity index (χ2n) is 5.60. The fourth-order valence-electron chi connectivity index (χ4n) is 2.34. The molecule has 0 amide bonds. The molecule has 0 atom stereocenters. The molecular formula is C20H19NO3S. The van der Waals surface area contributed by atoms with E-state index in [4.69, 9.17) is 4.74 Å². The maximum Gasteiger partial charge on any atom is 0.233 e.